The van der Waals surface area contributed by atoms with Gasteiger partial charge in [0.05, 0.1) is 0 Å². The molecule has 7 heteroatoms. The molecule has 1 aliphatic heterocycles. The van der Waals surface area contributed by atoms with Crippen LogP contribution in [-0.2, 0) is 6.54 Å². The molecule has 4 heterocycles. The number of hydrogen-bond donors (Lipinski definition) is 1. The van der Waals surface area contributed by atoms with Gasteiger partial charge in [0, 0.05) is 57.4 Å². The summed E-state index contributed by atoms with van der Waals surface area (Å²) >= 11 is 0. The number of aromatic nitrogens is 4. The number of rotatable bonds is 5. The minimum Gasteiger partial charge on any atom is -0.366 e. The Morgan fingerprint density at radius 1 is 0.889 bits per heavy atom. The summed E-state index contributed by atoms with van der Waals surface area (Å²) in [5, 5.41) is 3.39. The van der Waals surface area contributed by atoms with E-state index in [1.165, 1.54) is 5.56 Å². The molecule has 0 bridgehead atoms. The lowest BCUT2D eigenvalue weighted by atomic mass is 10.2. The summed E-state index contributed by atoms with van der Waals surface area (Å²) < 4.78 is 0. The van der Waals surface area contributed by atoms with Crippen molar-refractivity contribution in [2.24, 2.45) is 0 Å². The molecule has 3 aromatic heterocycles. The zero-order valence-electron chi connectivity index (χ0n) is 15.4. The average Bonchev–Trinajstić information content (AvgIpc) is 2.73. The molecule has 3 aromatic rings. The van der Waals surface area contributed by atoms with Crippen molar-refractivity contribution in [3.63, 3.8) is 0 Å². The van der Waals surface area contributed by atoms with Gasteiger partial charge in [0.1, 0.15) is 23.3 Å². The molecule has 1 aliphatic rings. The lowest BCUT2D eigenvalue weighted by Crippen LogP contribution is -2.47. The standard InChI is InChI=1S/C20H23N7/c1-16-24-18(23-15-17-5-8-21-9-6-17)14-20(25-16)27-12-10-26(11-13-27)19-4-2-3-7-22-19/h2-9,14H,10-13,15H2,1H3,(H,23,24,25). The first kappa shape index (κ1) is 17.2. The van der Waals surface area contributed by atoms with Gasteiger partial charge < -0.3 is 15.1 Å². The fourth-order valence-corrected chi connectivity index (χ4v) is 3.20. The topological polar surface area (TPSA) is 70.1 Å². The summed E-state index contributed by atoms with van der Waals surface area (Å²) in [4.78, 5) is 22.3. The van der Waals surface area contributed by atoms with Crippen molar-refractivity contribution >= 4 is 17.5 Å². The largest absolute Gasteiger partial charge is 0.366 e. The van der Waals surface area contributed by atoms with Gasteiger partial charge in [-0.1, -0.05) is 6.07 Å². The van der Waals surface area contributed by atoms with Crippen LogP contribution in [0.25, 0.3) is 0 Å². The van der Waals surface area contributed by atoms with E-state index >= 15 is 0 Å². The van der Waals surface area contributed by atoms with Crippen LogP contribution in [0.1, 0.15) is 11.4 Å². The van der Waals surface area contributed by atoms with Crippen LogP contribution in [0.3, 0.4) is 0 Å². The normalized spacial score (nSPS) is 14.3. The summed E-state index contributed by atoms with van der Waals surface area (Å²) in [5.74, 6) is 3.63. The minimum absolute atomic E-state index is 0.714. The highest BCUT2D eigenvalue weighted by Gasteiger charge is 2.19. The minimum atomic E-state index is 0.714. The summed E-state index contributed by atoms with van der Waals surface area (Å²) in [6, 6.07) is 12.1. The lowest BCUT2D eigenvalue weighted by molar-refractivity contribution is 0.640. The molecule has 1 saturated heterocycles. The molecule has 0 aliphatic carbocycles. The van der Waals surface area contributed by atoms with E-state index in [4.69, 9.17) is 0 Å². The number of pyridine rings is 2. The van der Waals surface area contributed by atoms with Gasteiger partial charge >= 0.3 is 0 Å². The van der Waals surface area contributed by atoms with Crippen LogP contribution in [0, 0.1) is 6.92 Å². The number of aryl methyl sites for hydroxylation is 1. The van der Waals surface area contributed by atoms with Crippen LogP contribution in [0.2, 0.25) is 0 Å². The van der Waals surface area contributed by atoms with E-state index in [9.17, 15) is 0 Å². The fraction of sp³-hybridized carbons (Fsp3) is 0.300. The second-order valence-corrected chi connectivity index (χ2v) is 6.53. The molecular formula is C20H23N7. The Kier molecular flexibility index (Phi) is 5.09. The van der Waals surface area contributed by atoms with Crippen LogP contribution < -0.4 is 15.1 Å². The summed E-state index contributed by atoms with van der Waals surface area (Å²) in [6.07, 6.45) is 5.44. The molecule has 7 nitrogen and oxygen atoms in total. The molecule has 0 saturated carbocycles. The molecule has 0 amide bonds. The van der Waals surface area contributed by atoms with Gasteiger partial charge in [-0.25, -0.2) is 15.0 Å². The predicted octanol–water partition coefficient (Wildman–Crippen LogP) is 2.51. The van der Waals surface area contributed by atoms with Crippen LogP contribution in [0.4, 0.5) is 17.5 Å². The van der Waals surface area contributed by atoms with Gasteiger partial charge in [0.25, 0.3) is 0 Å². The van der Waals surface area contributed by atoms with Crippen molar-refractivity contribution in [1.29, 1.82) is 0 Å². The monoisotopic (exact) mass is 361 g/mol. The van der Waals surface area contributed by atoms with E-state index in [1.54, 1.807) is 12.4 Å². The molecule has 138 valence electrons. The van der Waals surface area contributed by atoms with Crippen molar-refractivity contribution in [2.45, 2.75) is 13.5 Å². The van der Waals surface area contributed by atoms with E-state index < -0.39 is 0 Å². The highest BCUT2D eigenvalue weighted by molar-refractivity contribution is 5.51. The number of nitrogens with zero attached hydrogens (tertiary/aromatic N) is 6. The Balaban J connectivity index is 1.41. The SMILES string of the molecule is Cc1nc(NCc2ccncc2)cc(N2CCN(c3ccccn3)CC2)n1. The number of nitrogens with one attached hydrogen (secondary N) is 1. The number of anilines is 3. The summed E-state index contributed by atoms with van der Waals surface area (Å²) in [5.41, 5.74) is 1.17. The molecule has 1 fully saturated rings. The number of piperazine rings is 1. The van der Waals surface area contributed by atoms with Gasteiger partial charge in [-0.15, -0.1) is 0 Å². The molecule has 4 rings (SSSR count). The molecule has 0 unspecified atom stereocenters. The van der Waals surface area contributed by atoms with Crippen molar-refractivity contribution in [1.82, 2.24) is 19.9 Å². The van der Waals surface area contributed by atoms with Crippen LogP contribution in [-0.4, -0.2) is 46.1 Å². The molecule has 0 aromatic carbocycles. The molecule has 1 N–H and O–H groups in total. The zero-order chi connectivity index (χ0) is 18.5. The van der Waals surface area contributed by atoms with E-state index in [0.717, 1.165) is 49.5 Å². The van der Waals surface area contributed by atoms with Crippen molar-refractivity contribution in [3.8, 4) is 0 Å². The van der Waals surface area contributed by atoms with Gasteiger partial charge in [0.2, 0.25) is 0 Å². The first-order valence-corrected chi connectivity index (χ1v) is 9.17. The van der Waals surface area contributed by atoms with Crippen LogP contribution >= 0.6 is 0 Å². The van der Waals surface area contributed by atoms with Gasteiger partial charge in [-0.2, -0.15) is 0 Å². The number of hydrogen-bond acceptors (Lipinski definition) is 7. The van der Waals surface area contributed by atoms with Crippen molar-refractivity contribution in [2.75, 3.05) is 41.3 Å². The molecular weight excluding hydrogens is 338 g/mol. The Morgan fingerprint density at radius 3 is 2.33 bits per heavy atom. The maximum absolute atomic E-state index is 4.64. The smallest absolute Gasteiger partial charge is 0.134 e. The average molecular weight is 361 g/mol. The van der Waals surface area contributed by atoms with E-state index in [2.05, 4.69) is 41.1 Å². The third-order valence-corrected chi connectivity index (χ3v) is 4.62. The molecule has 0 atom stereocenters. The van der Waals surface area contributed by atoms with E-state index in [1.807, 2.05) is 43.5 Å². The summed E-state index contributed by atoms with van der Waals surface area (Å²) in [6.45, 7) is 6.34. The van der Waals surface area contributed by atoms with Crippen LogP contribution in [0.5, 0.6) is 0 Å². The summed E-state index contributed by atoms with van der Waals surface area (Å²) in [7, 11) is 0. The fourth-order valence-electron chi connectivity index (χ4n) is 3.20. The Bertz CT molecular complexity index is 862. The van der Waals surface area contributed by atoms with Gasteiger partial charge in [-0.05, 0) is 36.8 Å². The van der Waals surface area contributed by atoms with Gasteiger partial charge in [0.15, 0.2) is 0 Å². The molecule has 0 radical (unpaired) electrons. The Morgan fingerprint density at radius 2 is 1.63 bits per heavy atom. The highest BCUT2D eigenvalue weighted by atomic mass is 15.3. The quantitative estimate of drug-likeness (QED) is 0.749. The maximum atomic E-state index is 4.64. The second kappa shape index (κ2) is 7.99. The Hall–Kier alpha value is -3.22. The maximum Gasteiger partial charge on any atom is 0.134 e. The molecule has 0 spiro atoms. The zero-order valence-corrected chi connectivity index (χ0v) is 15.4. The first-order valence-electron chi connectivity index (χ1n) is 9.17. The lowest BCUT2D eigenvalue weighted by Gasteiger charge is -2.36. The first-order chi connectivity index (χ1) is 13.3. The second-order valence-electron chi connectivity index (χ2n) is 6.53. The van der Waals surface area contributed by atoms with Crippen molar-refractivity contribution in [3.05, 3.63) is 66.4 Å². The third-order valence-electron chi connectivity index (χ3n) is 4.62. The predicted molar refractivity (Wildman–Crippen MR) is 107 cm³/mol. The van der Waals surface area contributed by atoms with E-state index in [-0.39, 0.29) is 0 Å². The molecule has 27 heavy (non-hydrogen) atoms. The highest BCUT2D eigenvalue weighted by Crippen LogP contribution is 2.20. The van der Waals surface area contributed by atoms with Crippen molar-refractivity contribution < 1.29 is 0 Å². The van der Waals surface area contributed by atoms with E-state index in [0.29, 0.717) is 6.54 Å². The van der Waals surface area contributed by atoms with Crippen LogP contribution in [0.15, 0.2) is 55.0 Å². The Labute approximate surface area is 159 Å². The van der Waals surface area contributed by atoms with Gasteiger partial charge in [-0.3, -0.25) is 4.98 Å². The third kappa shape index (κ3) is 4.31.